The van der Waals surface area contributed by atoms with Crippen molar-refractivity contribution in [3.8, 4) is 0 Å². The summed E-state index contributed by atoms with van der Waals surface area (Å²) in [5.41, 5.74) is 7.94. The molecule has 3 N–H and O–H groups in total. The van der Waals surface area contributed by atoms with E-state index in [0.29, 0.717) is 24.9 Å². The molecule has 0 spiro atoms. The van der Waals surface area contributed by atoms with Gasteiger partial charge in [-0.05, 0) is 30.5 Å². The Hall–Kier alpha value is -2.52. The van der Waals surface area contributed by atoms with E-state index in [-0.39, 0.29) is 30.2 Å². The zero-order valence-corrected chi connectivity index (χ0v) is 17.9. The number of nitrogens with two attached hydrogens (primary N) is 1. The van der Waals surface area contributed by atoms with E-state index in [4.69, 9.17) is 5.73 Å². The molecule has 2 aromatic carbocycles. The number of halogens is 3. The molecular weight excluding hydrogens is 427 g/mol. The lowest BCUT2D eigenvalue weighted by molar-refractivity contribution is -0.136. The normalized spacial score (nSPS) is 16.9. The molecule has 31 heavy (non-hydrogen) atoms. The van der Waals surface area contributed by atoms with Crippen molar-refractivity contribution in [2.24, 2.45) is 5.73 Å². The topological polar surface area (TPSA) is 75.4 Å². The zero-order valence-electron chi connectivity index (χ0n) is 17.0. The zero-order chi connectivity index (χ0) is 22.5. The second kappa shape index (κ2) is 10.2. The summed E-state index contributed by atoms with van der Waals surface area (Å²) >= 11 is 1.36. The molecule has 1 heterocycles. The molecule has 1 saturated heterocycles. The van der Waals surface area contributed by atoms with Gasteiger partial charge in [0.25, 0.3) is 5.91 Å². The van der Waals surface area contributed by atoms with Crippen molar-refractivity contribution in [2.75, 3.05) is 12.3 Å². The van der Waals surface area contributed by atoms with Crippen LogP contribution in [0.1, 0.15) is 23.1 Å². The highest BCUT2D eigenvalue weighted by molar-refractivity contribution is 8.00. The molecule has 1 aliphatic rings. The highest BCUT2D eigenvalue weighted by Crippen LogP contribution is 2.25. The van der Waals surface area contributed by atoms with Crippen molar-refractivity contribution < 1.29 is 22.8 Å². The van der Waals surface area contributed by atoms with Gasteiger partial charge in [-0.1, -0.05) is 29.8 Å². The number of nitrogens with one attached hydrogen (secondary N) is 1. The van der Waals surface area contributed by atoms with Crippen LogP contribution in [0, 0.1) is 24.4 Å². The number of hydrogen-bond acceptors (Lipinski definition) is 4. The summed E-state index contributed by atoms with van der Waals surface area (Å²) < 4.78 is 40.3. The van der Waals surface area contributed by atoms with Crippen LogP contribution in [0.4, 0.5) is 13.2 Å². The molecule has 0 saturated carbocycles. The molecule has 3 rings (SSSR count). The fraction of sp³-hybridized carbons (Fsp3) is 0.364. The van der Waals surface area contributed by atoms with E-state index < -0.39 is 28.9 Å². The van der Waals surface area contributed by atoms with E-state index in [1.807, 2.05) is 31.2 Å². The number of nitrogens with zero attached hydrogens (tertiary/aromatic N) is 1. The minimum absolute atomic E-state index is 0.0950. The fourth-order valence-corrected chi connectivity index (χ4v) is 4.50. The van der Waals surface area contributed by atoms with Gasteiger partial charge in [0.1, 0.15) is 5.82 Å². The number of aryl methyl sites for hydroxylation is 1. The molecule has 1 fully saturated rings. The van der Waals surface area contributed by atoms with E-state index in [9.17, 15) is 22.8 Å². The Bertz CT molecular complexity index is 956. The first-order chi connectivity index (χ1) is 14.7. The Morgan fingerprint density at radius 2 is 1.84 bits per heavy atom. The molecule has 2 amide bonds. The summed E-state index contributed by atoms with van der Waals surface area (Å²) in [6, 6.07) is 8.19. The predicted molar refractivity (Wildman–Crippen MR) is 114 cm³/mol. The van der Waals surface area contributed by atoms with Crippen molar-refractivity contribution in [2.45, 2.75) is 37.7 Å². The van der Waals surface area contributed by atoms with Gasteiger partial charge in [-0.25, -0.2) is 13.2 Å². The van der Waals surface area contributed by atoms with Gasteiger partial charge in [0.15, 0.2) is 17.0 Å². The van der Waals surface area contributed by atoms with E-state index in [0.717, 1.165) is 17.2 Å². The average molecular weight is 452 g/mol. The van der Waals surface area contributed by atoms with Gasteiger partial charge in [0.2, 0.25) is 5.91 Å². The van der Waals surface area contributed by atoms with Crippen LogP contribution in [0.3, 0.4) is 0 Å². The van der Waals surface area contributed by atoms with Crippen LogP contribution in [0.15, 0.2) is 36.4 Å². The minimum atomic E-state index is -1.28. The SMILES string of the molecule is Cc1ccc(CNC(=O)[C@@H]2SCCN2C(=O)C[C@H](N)Cc2cc(F)c(F)cc2F)cc1. The summed E-state index contributed by atoms with van der Waals surface area (Å²) in [4.78, 5) is 26.8. The maximum absolute atomic E-state index is 13.8. The van der Waals surface area contributed by atoms with Crippen molar-refractivity contribution in [1.29, 1.82) is 0 Å². The minimum Gasteiger partial charge on any atom is -0.349 e. The molecule has 0 aliphatic carbocycles. The van der Waals surface area contributed by atoms with Crippen LogP contribution in [0.25, 0.3) is 0 Å². The van der Waals surface area contributed by atoms with E-state index in [2.05, 4.69) is 5.32 Å². The summed E-state index contributed by atoms with van der Waals surface area (Å²) in [7, 11) is 0. The van der Waals surface area contributed by atoms with Crippen LogP contribution in [-0.4, -0.2) is 40.4 Å². The van der Waals surface area contributed by atoms with Gasteiger partial charge in [-0.15, -0.1) is 11.8 Å². The maximum Gasteiger partial charge on any atom is 0.253 e. The number of carbonyl (C=O) groups excluding carboxylic acids is 2. The number of hydrogen-bond donors (Lipinski definition) is 2. The van der Waals surface area contributed by atoms with Gasteiger partial charge < -0.3 is 16.0 Å². The smallest absolute Gasteiger partial charge is 0.253 e. The lowest BCUT2D eigenvalue weighted by Crippen LogP contribution is -2.46. The molecule has 1 aliphatic heterocycles. The Balaban J connectivity index is 1.55. The predicted octanol–water partition coefficient (Wildman–Crippen LogP) is 2.89. The number of carbonyl (C=O) groups is 2. The van der Waals surface area contributed by atoms with Crippen LogP contribution in [0.2, 0.25) is 0 Å². The number of rotatable bonds is 7. The number of benzene rings is 2. The molecule has 0 bridgehead atoms. The molecule has 9 heteroatoms. The molecule has 2 aromatic rings. The van der Waals surface area contributed by atoms with Crippen LogP contribution in [0.5, 0.6) is 0 Å². The first kappa shape index (κ1) is 23.1. The highest BCUT2D eigenvalue weighted by Gasteiger charge is 2.35. The van der Waals surface area contributed by atoms with E-state index >= 15 is 0 Å². The molecule has 2 atom stereocenters. The van der Waals surface area contributed by atoms with Crippen LogP contribution >= 0.6 is 11.8 Å². The number of amides is 2. The lowest BCUT2D eigenvalue weighted by Gasteiger charge is -2.24. The monoisotopic (exact) mass is 451 g/mol. The van der Waals surface area contributed by atoms with Gasteiger partial charge in [-0.3, -0.25) is 9.59 Å². The Morgan fingerprint density at radius 1 is 1.16 bits per heavy atom. The highest BCUT2D eigenvalue weighted by atomic mass is 32.2. The van der Waals surface area contributed by atoms with Crippen molar-refractivity contribution in [3.63, 3.8) is 0 Å². The molecule has 0 unspecified atom stereocenters. The first-order valence-electron chi connectivity index (χ1n) is 9.88. The van der Waals surface area contributed by atoms with Gasteiger partial charge in [-0.2, -0.15) is 0 Å². The average Bonchev–Trinajstić information content (AvgIpc) is 3.21. The van der Waals surface area contributed by atoms with E-state index in [1.54, 1.807) is 0 Å². The summed E-state index contributed by atoms with van der Waals surface area (Å²) in [6.07, 6.45) is -0.263. The molecule has 0 aromatic heterocycles. The van der Waals surface area contributed by atoms with Crippen LogP contribution in [-0.2, 0) is 22.6 Å². The Kier molecular flexibility index (Phi) is 7.61. The molecule has 166 valence electrons. The third-order valence-electron chi connectivity index (χ3n) is 5.03. The Labute approximate surface area is 183 Å². The summed E-state index contributed by atoms with van der Waals surface area (Å²) in [5.74, 6) is -3.35. The standard InChI is InChI=1S/C22H24F3N3O2S/c1-13-2-4-14(5-3-13)12-27-21(30)22-28(6-7-31-22)20(29)10-16(26)8-15-9-18(24)19(25)11-17(15)23/h2-5,9,11,16,22H,6-8,10,12,26H2,1H3,(H,27,30)/t16-,22+/m1/s1. The number of thioether (sulfide) groups is 1. The van der Waals surface area contributed by atoms with Crippen LogP contribution < -0.4 is 11.1 Å². The first-order valence-corrected chi connectivity index (χ1v) is 10.9. The van der Waals surface area contributed by atoms with Gasteiger partial charge >= 0.3 is 0 Å². The van der Waals surface area contributed by atoms with E-state index in [1.165, 1.54) is 16.7 Å². The van der Waals surface area contributed by atoms with Gasteiger partial charge in [0.05, 0.1) is 0 Å². The van der Waals surface area contributed by atoms with Gasteiger partial charge in [0, 0.05) is 37.4 Å². The second-order valence-electron chi connectivity index (χ2n) is 7.54. The third kappa shape index (κ3) is 6.01. The van der Waals surface area contributed by atoms with Crippen molar-refractivity contribution >= 4 is 23.6 Å². The fourth-order valence-electron chi connectivity index (χ4n) is 3.34. The largest absolute Gasteiger partial charge is 0.349 e. The summed E-state index contributed by atoms with van der Waals surface area (Å²) in [5, 5.41) is 2.18. The quantitative estimate of drug-likeness (QED) is 0.635. The molecule has 5 nitrogen and oxygen atoms in total. The lowest BCUT2D eigenvalue weighted by atomic mass is 10.0. The Morgan fingerprint density at radius 3 is 2.55 bits per heavy atom. The third-order valence-corrected chi connectivity index (χ3v) is 6.23. The van der Waals surface area contributed by atoms with Crippen molar-refractivity contribution in [3.05, 3.63) is 70.5 Å². The molecule has 0 radical (unpaired) electrons. The maximum atomic E-state index is 13.8. The summed E-state index contributed by atoms with van der Waals surface area (Å²) in [6.45, 7) is 2.73. The van der Waals surface area contributed by atoms with Crippen molar-refractivity contribution in [1.82, 2.24) is 10.2 Å². The second-order valence-corrected chi connectivity index (χ2v) is 8.73. The molecular formula is C22H24F3N3O2S.